The van der Waals surface area contributed by atoms with Crippen LogP contribution in [0, 0.1) is 0 Å². The number of hydrogen-bond acceptors (Lipinski definition) is 13. The number of nitrogens with two attached hydrogens (primary N) is 1. The molecule has 1 saturated heterocycles. The van der Waals surface area contributed by atoms with Crippen molar-refractivity contribution < 1.29 is 52.2 Å². The average Bonchev–Trinajstić information content (AvgIpc) is 3.42. The van der Waals surface area contributed by atoms with Gasteiger partial charge in [0.2, 0.25) is 12.5 Å². The summed E-state index contributed by atoms with van der Waals surface area (Å²) in [5.74, 6) is -2.95. The van der Waals surface area contributed by atoms with Gasteiger partial charge in [0.05, 0.1) is 6.26 Å². The number of oxime groups is 1. The first-order valence-electron chi connectivity index (χ1n) is 11.0. The molecule has 3 N–H and O–H groups in total. The lowest BCUT2D eigenvalue weighted by molar-refractivity contribution is -0.181. The molecule has 1 fully saturated rings. The van der Waals surface area contributed by atoms with Crippen LogP contribution in [0.3, 0.4) is 0 Å². The van der Waals surface area contributed by atoms with Crippen LogP contribution in [0.25, 0.3) is 0 Å². The highest BCUT2D eigenvalue weighted by molar-refractivity contribution is 8.00. The molecule has 0 aliphatic carbocycles. The Hall–Kier alpha value is -4.05. The van der Waals surface area contributed by atoms with Crippen molar-refractivity contribution in [2.75, 3.05) is 33.4 Å². The maximum absolute atomic E-state index is 13.1. The fraction of sp³-hybridized carbons (Fsp3) is 0.455. The number of amides is 3. The van der Waals surface area contributed by atoms with Gasteiger partial charge in [-0.05, 0) is 26.0 Å². The normalized spacial score (nSPS) is 19.2. The van der Waals surface area contributed by atoms with Gasteiger partial charge in [0.25, 0.3) is 11.8 Å². The van der Waals surface area contributed by atoms with Crippen LogP contribution < -0.4 is 11.1 Å². The lowest BCUT2D eigenvalue weighted by Crippen LogP contribution is -2.71. The zero-order valence-electron chi connectivity index (χ0n) is 20.9. The Balaban J connectivity index is 1.75. The predicted octanol–water partition coefficient (Wildman–Crippen LogP) is -0.152. The SMILES string of the molecule is CO/N=C(\C(=O)N[C@@H]1C(=O)N2C(C(=O)OCOC(=O)C(C)(C)OC)=C(COC(N)=O)CS[C@H]12)c1ccco1. The van der Waals surface area contributed by atoms with E-state index in [1.807, 2.05) is 0 Å². The molecule has 3 rings (SSSR count). The second-order valence-corrected chi connectivity index (χ2v) is 9.32. The third-order valence-electron chi connectivity index (χ3n) is 5.45. The number of methoxy groups -OCH3 is 1. The molecule has 2 atom stereocenters. The van der Waals surface area contributed by atoms with Gasteiger partial charge in [0, 0.05) is 18.4 Å². The Labute approximate surface area is 220 Å². The van der Waals surface area contributed by atoms with E-state index in [1.54, 1.807) is 6.07 Å². The predicted molar refractivity (Wildman–Crippen MR) is 128 cm³/mol. The first-order chi connectivity index (χ1) is 18.0. The first kappa shape index (κ1) is 28.5. The second-order valence-electron chi connectivity index (χ2n) is 8.22. The van der Waals surface area contributed by atoms with Gasteiger partial charge in [-0.15, -0.1) is 11.8 Å². The summed E-state index contributed by atoms with van der Waals surface area (Å²) in [6, 6.07) is 2.00. The molecular weight excluding hydrogens is 528 g/mol. The van der Waals surface area contributed by atoms with E-state index in [4.69, 9.17) is 33.9 Å². The Morgan fingerprint density at radius 3 is 2.58 bits per heavy atom. The van der Waals surface area contributed by atoms with Crippen molar-refractivity contribution in [3.8, 4) is 0 Å². The van der Waals surface area contributed by atoms with Gasteiger partial charge in [-0.1, -0.05) is 5.16 Å². The highest BCUT2D eigenvalue weighted by Crippen LogP contribution is 2.40. The Bertz CT molecular complexity index is 1160. The van der Waals surface area contributed by atoms with E-state index >= 15 is 0 Å². The average molecular weight is 555 g/mol. The summed E-state index contributed by atoms with van der Waals surface area (Å²) in [4.78, 5) is 67.8. The van der Waals surface area contributed by atoms with E-state index < -0.39 is 53.7 Å². The summed E-state index contributed by atoms with van der Waals surface area (Å²) in [7, 11) is 2.56. The Morgan fingerprint density at radius 1 is 1.24 bits per heavy atom. The molecule has 0 spiro atoms. The standard InChI is InChI=1S/C22H26N4O11S/c1-22(2,32-3)20(30)37-10-36-19(29)15-11(8-35-21(23)31)9-38-18-14(17(28)26(15)18)24-16(27)13(25-33-4)12-6-5-7-34-12/h5-7,14,18H,8-10H2,1-4H3,(H2,23,31)(H,24,27)/b25-13-/t14-,18-/m1/s1. The molecule has 2 aliphatic heterocycles. The monoisotopic (exact) mass is 554 g/mol. The molecule has 0 radical (unpaired) electrons. The lowest BCUT2D eigenvalue weighted by atomic mass is 10.0. The highest BCUT2D eigenvalue weighted by Gasteiger charge is 2.55. The van der Waals surface area contributed by atoms with E-state index in [0.29, 0.717) is 0 Å². The summed E-state index contributed by atoms with van der Waals surface area (Å²) in [6.45, 7) is 1.77. The summed E-state index contributed by atoms with van der Waals surface area (Å²) in [6.07, 6.45) is 0.253. The maximum Gasteiger partial charge on any atom is 0.404 e. The number of β-lactam (4-membered cyclic amide) rings is 1. The van der Waals surface area contributed by atoms with Crippen molar-refractivity contribution in [2.45, 2.75) is 30.9 Å². The zero-order valence-corrected chi connectivity index (χ0v) is 21.7. The quantitative estimate of drug-likeness (QED) is 0.121. The van der Waals surface area contributed by atoms with Crippen molar-refractivity contribution in [1.82, 2.24) is 10.2 Å². The maximum atomic E-state index is 13.1. The van der Waals surface area contributed by atoms with Crippen LogP contribution in [0.5, 0.6) is 0 Å². The van der Waals surface area contributed by atoms with Gasteiger partial charge in [0.1, 0.15) is 30.8 Å². The smallest absolute Gasteiger partial charge is 0.404 e. The number of thioether (sulfide) groups is 1. The number of fused-ring (bicyclic) bond motifs is 1. The minimum atomic E-state index is -1.28. The number of nitrogens with zero attached hydrogens (tertiary/aromatic N) is 2. The van der Waals surface area contributed by atoms with Gasteiger partial charge >= 0.3 is 18.0 Å². The molecule has 1 aromatic rings. The molecule has 0 aromatic carbocycles. The molecular formula is C22H26N4O11S. The molecule has 206 valence electrons. The number of nitrogens with one attached hydrogen (secondary N) is 1. The molecule has 3 amide bonds. The van der Waals surface area contributed by atoms with E-state index in [1.165, 1.54) is 52.2 Å². The molecule has 1 aromatic heterocycles. The minimum Gasteiger partial charge on any atom is -0.462 e. The minimum absolute atomic E-state index is 0.116. The van der Waals surface area contributed by atoms with Crippen LogP contribution in [0.1, 0.15) is 19.6 Å². The number of carbonyl (C=O) groups is 5. The molecule has 0 saturated carbocycles. The fourth-order valence-corrected chi connectivity index (χ4v) is 4.64. The summed E-state index contributed by atoms with van der Waals surface area (Å²) in [5, 5.41) is 5.51. The van der Waals surface area contributed by atoms with E-state index in [-0.39, 0.29) is 35.1 Å². The van der Waals surface area contributed by atoms with E-state index in [2.05, 4.69) is 10.5 Å². The van der Waals surface area contributed by atoms with Crippen molar-refractivity contribution in [3.05, 3.63) is 35.4 Å². The van der Waals surface area contributed by atoms with Crippen LogP contribution in [-0.4, -0.2) is 90.8 Å². The summed E-state index contributed by atoms with van der Waals surface area (Å²) in [5.41, 5.74) is 3.57. The van der Waals surface area contributed by atoms with Crippen LogP contribution in [0.15, 0.2) is 39.2 Å². The summed E-state index contributed by atoms with van der Waals surface area (Å²) < 4.78 is 25.0. The Kier molecular flexibility index (Phi) is 9.00. The van der Waals surface area contributed by atoms with E-state index in [0.717, 1.165) is 4.90 Å². The molecule has 0 bridgehead atoms. The van der Waals surface area contributed by atoms with Gasteiger partial charge in [-0.3, -0.25) is 14.5 Å². The number of carbonyl (C=O) groups excluding carboxylic acids is 5. The second kappa shape index (κ2) is 12.0. The first-order valence-corrected chi connectivity index (χ1v) is 12.0. The number of primary amides is 1. The van der Waals surface area contributed by atoms with Crippen LogP contribution in [-0.2, 0) is 43.0 Å². The fourth-order valence-electron chi connectivity index (χ4n) is 3.32. The van der Waals surface area contributed by atoms with Crippen molar-refractivity contribution in [3.63, 3.8) is 0 Å². The van der Waals surface area contributed by atoms with Gasteiger partial charge in [0.15, 0.2) is 11.4 Å². The number of esters is 2. The van der Waals surface area contributed by atoms with Gasteiger partial charge in [-0.25, -0.2) is 14.4 Å². The van der Waals surface area contributed by atoms with Gasteiger partial charge in [-0.2, -0.15) is 0 Å². The highest BCUT2D eigenvalue weighted by atomic mass is 32.2. The van der Waals surface area contributed by atoms with Crippen LogP contribution in [0.2, 0.25) is 0 Å². The van der Waals surface area contributed by atoms with Gasteiger partial charge < -0.3 is 39.3 Å². The van der Waals surface area contributed by atoms with Crippen molar-refractivity contribution in [1.29, 1.82) is 0 Å². The molecule has 15 nitrogen and oxygen atoms in total. The Morgan fingerprint density at radius 2 is 1.97 bits per heavy atom. The zero-order chi connectivity index (χ0) is 28.0. The van der Waals surface area contributed by atoms with Crippen LogP contribution in [0.4, 0.5) is 4.79 Å². The molecule has 0 unspecified atom stereocenters. The summed E-state index contributed by atoms with van der Waals surface area (Å²) >= 11 is 1.20. The largest absolute Gasteiger partial charge is 0.462 e. The molecule has 38 heavy (non-hydrogen) atoms. The number of hydrogen-bond donors (Lipinski definition) is 2. The van der Waals surface area contributed by atoms with Crippen LogP contribution >= 0.6 is 11.8 Å². The third kappa shape index (κ3) is 6.08. The number of rotatable bonds is 11. The van der Waals surface area contributed by atoms with Crippen molar-refractivity contribution >= 4 is 47.3 Å². The number of furan rings is 1. The third-order valence-corrected chi connectivity index (χ3v) is 6.79. The molecule has 2 aliphatic rings. The lowest BCUT2D eigenvalue weighted by Gasteiger charge is -2.49. The topological polar surface area (TPSA) is 198 Å². The van der Waals surface area contributed by atoms with Crippen molar-refractivity contribution in [2.24, 2.45) is 10.9 Å². The van der Waals surface area contributed by atoms with E-state index in [9.17, 15) is 24.0 Å². The number of ether oxygens (including phenoxy) is 4. The molecule has 3 heterocycles. The molecule has 16 heteroatoms.